The topological polar surface area (TPSA) is 34.2 Å². The Bertz CT molecular complexity index is 579. The van der Waals surface area contributed by atoms with E-state index < -0.39 is 5.82 Å². The Hall–Kier alpha value is -0.850. The zero-order chi connectivity index (χ0) is 13.8. The van der Waals surface area contributed by atoms with Crippen molar-refractivity contribution in [1.29, 1.82) is 0 Å². The zero-order valence-electron chi connectivity index (χ0n) is 10.0. The molecule has 0 radical (unpaired) electrons. The van der Waals surface area contributed by atoms with Crippen LogP contribution in [0.5, 0.6) is 5.75 Å². The van der Waals surface area contributed by atoms with E-state index >= 15 is 0 Å². The Morgan fingerprint density at radius 1 is 1.53 bits per heavy atom. The van der Waals surface area contributed by atoms with Gasteiger partial charge in [0.15, 0.2) is 5.13 Å². The largest absolute Gasteiger partial charge is 0.487 e. The summed E-state index contributed by atoms with van der Waals surface area (Å²) >= 11 is 10.5. The van der Waals surface area contributed by atoms with Crippen molar-refractivity contribution in [3.63, 3.8) is 0 Å². The number of hydrogen-bond acceptors (Lipinski definition) is 4. The fraction of sp³-hybridized carbons (Fsp3) is 0.250. The Balaban J connectivity index is 2.03. The van der Waals surface area contributed by atoms with Crippen LogP contribution >= 0.6 is 38.9 Å². The van der Waals surface area contributed by atoms with Crippen molar-refractivity contribution in [2.75, 3.05) is 11.9 Å². The number of benzene rings is 1. The molecule has 0 saturated carbocycles. The van der Waals surface area contributed by atoms with Gasteiger partial charge >= 0.3 is 0 Å². The van der Waals surface area contributed by atoms with Gasteiger partial charge in [-0.1, -0.05) is 22.9 Å². The standard InChI is InChI=1S/C12H11BrClFN2OS/c1-2-16-12-17-5-7(19-12)6-18-11-4-10(15)9(14)3-8(11)13/h3-5H,2,6H2,1H3,(H,16,17). The van der Waals surface area contributed by atoms with Gasteiger partial charge in [-0.15, -0.1) is 0 Å². The van der Waals surface area contributed by atoms with Crippen LogP contribution < -0.4 is 10.1 Å². The van der Waals surface area contributed by atoms with Crippen molar-refractivity contribution < 1.29 is 9.13 Å². The molecule has 0 amide bonds. The van der Waals surface area contributed by atoms with Crippen LogP contribution in [0.4, 0.5) is 9.52 Å². The van der Waals surface area contributed by atoms with Gasteiger partial charge in [-0.3, -0.25) is 0 Å². The number of anilines is 1. The molecule has 19 heavy (non-hydrogen) atoms. The lowest BCUT2D eigenvalue weighted by molar-refractivity contribution is 0.306. The minimum atomic E-state index is -0.502. The molecule has 2 aromatic rings. The van der Waals surface area contributed by atoms with E-state index in [0.29, 0.717) is 16.8 Å². The summed E-state index contributed by atoms with van der Waals surface area (Å²) in [6, 6.07) is 2.74. The molecular formula is C12H11BrClFN2OS. The number of ether oxygens (including phenoxy) is 1. The number of aromatic nitrogens is 1. The highest BCUT2D eigenvalue weighted by atomic mass is 79.9. The number of thiazole rings is 1. The zero-order valence-corrected chi connectivity index (χ0v) is 13.2. The first-order chi connectivity index (χ1) is 9.10. The van der Waals surface area contributed by atoms with Crippen LogP contribution in [0, 0.1) is 5.82 Å². The summed E-state index contributed by atoms with van der Waals surface area (Å²) in [5, 5.41) is 4.03. The van der Waals surface area contributed by atoms with Crippen LogP contribution in [0.25, 0.3) is 0 Å². The quantitative estimate of drug-likeness (QED) is 0.779. The molecule has 0 unspecified atom stereocenters. The lowest BCUT2D eigenvalue weighted by Crippen LogP contribution is -1.95. The average Bonchev–Trinajstić information content (AvgIpc) is 2.80. The van der Waals surface area contributed by atoms with Gasteiger partial charge in [-0.25, -0.2) is 9.37 Å². The van der Waals surface area contributed by atoms with Crippen molar-refractivity contribution in [2.24, 2.45) is 0 Å². The van der Waals surface area contributed by atoms with Gasteiger partial charge in [0.25, 0.3) is 0 Å². The molecule has 0 saturated heterocycles. The second-order valence-corrected chi connectivity index (χ2v) is 6.02. The van der Waals surface area contributed by atoms with Crippen molar-refractivity contribution in [2.45, 2.75) is 13.5 Å². The van der Waals surface area contributed by atoms with Gasteiger partial charge in [0.2, 0.25) is 0 Å². The molecular weight excluding hydrogens is 355 g/mol. The Kier molecular flexibility index (Phi) is 5.01. The molecule has 0 atom stereocenters. The molecule has 3 nitrogen and oxygen atoms in total. The lowest BCUT2D eigenvalue weighted by Gasteiger charge is -2.07. The maximum absolute atomic E-state index is 13.3. The summed E-state index contributed by atoms with van der Waals surface area (Å²) < 4.78 is 19.5. The van der Waals surface area contributed by atoms with Crippen LogP contribution in [-0.4, -0.2) is 11.5 Å². The van der Waals surface area contributed by atoms with Gasteiger partial charge in [-0.2, -0.15) is 0 Å². The first-order valence-corrected chi connectivity index (χ1v) is 7.54. The van der Waals surface area contributed by atoms with Crippen molar-refractivity contribution in [1.82, 2.24) is 4.98 Å². The smallest absolute Gasteiger partial charge is 0.182 e. The second kappa shape index (κ2) is 6.54. The lowest BCUT2D eigenvalue weighted by atomic mass is 10.3. The Morgan fingerprint density at radius 2 is 2.32 bits per heavy atom. The molecule has 102 valence electrons. The van der Waals surface area contributed by atoms with E-state index in [0.717, 1.165) is 16.6 Å². The van der Waals surface area contributed by atoms with E-state index in [9.17, 15) is 4.39 Å². The third-order valence-electron chi connectivity index (χ3n) is 2.23. The Labute approximate surface area is 127 Å². The van der Waals surface area contributed by atoms with Gasteiger partial charge in [0.05, 0.1) is 14.4 Å². The molecule has 2 rings (SSSR count). The van der Waals surface area contributed by atoms with E-state index in [2.05, 4.69) is 26.2 Å². The third-order valence-corrected chi connectivity index (χ3v) is 4.06. The van der Waals surface area contributed by atoms with Crippen LogP contribution in [0.2, 0.25) is 5.02 Å². The summed E-state index contributed by atoms with van der Waals surface area (Å²) in [7, 11) is 0. The molecule has 1 N–H and O–H groups in total. The molecule has 0 spiro atoms. The first-order valence-electron chi connectivity index (χ1n) is 5.56. The highest BCUT2D eigenvalue weighted by Crippen LogP contribution is 2.31. The molecule has 1 aromatic carbocycles. The normalized spacial score (nSPS) is 10.5. The molecule has 0 aliphatic rings. The Morgan fingerprint density at radius 3 is 3.05 bits per heavy atom. The van der Waals surface area contributed by atoms with Crippen molar-refractivity contribution in [3.05, 3.63) is 38.5 Å². The van der Waals surface area contributed by atoms with Crippen molar-refractivity contribution >= 4 is 44.0 Å². The van der Waals surface area contributed by atoms with Gasteiger partial charge in [0, 0.05) is 18.8 Å². The number of nitrogens with one attached hydrogen (secondary N) is 1. The van der Waals surface area contributed by atoms with E-state index in [-0.39, 0.29) is 5.02 Å². The number of rotatable bonds is 5. The van der Waals surface area contributed by atoms with E-state index in [1.807, 2.05) is 6.92 Å². The van der Waals surface area contributed by atoms with Crippen LogP contribution in [0.1, 0.15) is 11.8 Å². The second-order valence-electron chi connectivity index (χ2n) is 3.65. The first kappa shape index (κ1) is 14.6. The monoisotopic (exact) mass is 364 g/mol. The van der Waals surface area contributed by atoms with Crippen LogP contribution in [0.3, 0.4) is 0 Å². The van der Waals surface area contributed by atoms with Gasteiger partial charge in [0.1, 0.15) is 18.2 Å². The maximum atomic E-state index is 13.3. The van der Waals surface area contributed by atoms with E-state index in [1.54, 1.807) is 6.20 Å². The van der Waals surface area contributed by atoms with Gasteiger partial charge in [-0.05, 0) is 28.9 Å². The predicted octanol–water partition coefficient (Wildman–Crippen LogP) is 4.71. The molecule has 0 fully saturated rings. The molecule has 1 aromatic heterocycles. The molecule has 0 aliphatic heterocycles. The molecule has 1 heterocycles. The van der Waals surface area contributed by atoms with Crippen LogP contribution in [-0.2, 0) is 6.61 Å². The minimum Gasteiger partial charge on any atom is -0.487 e. The predicted molar refractivity (Wildman–Crippen MR) is 79.7 cm³/mol. The van der Waals surface area contributed by atoms with Crippen molar-refractivity contribution in [3.8, 4) is 5.75 Å². The summed E-state index contributed by atoms with van der Waals surface area (Å²) in [4.78, 5) is 5.15. The summed E-state index contributed by atoms with van der Waals surface area (Å²) in [5.41, 5.74) is 0. The number of halogens is 3. The van der Waals surface area contributed by atoms with Crippen LogP contribution in [0.15, 0.2) is 22.8 Å². The maximum Gasteiger partial charge on any atom is 0.182 e. The number of nitrogens with zero attached hydrogens (tertiary/aromatic N) is 1. The highest BCUT2D eigenvalue weighted by molar-refractivity contribution is 9.10. The minimum absolute atomic E-state index is 0.0615. The molecule has 0 aliphatic carbocycles. The highest BCUT2D eigenvalue weighted by Gasteiger charge is 2.09. The summed E-state index contributed by atoms with van der Waals surface area (Å²) in [6.07, 6.45) is 1.74. The van der Waals surface area contributed by atoms with E-state index in [1.165, 1.54) is 23.5 Å². The SMILES string of the molecule is CCNc1ncc(COc2cc(F)c(Cl)cc2Br)s1. The summed E-state index contributed by atoms with van der Waals surface area (Å²) in [5.74, 6) is -0.0854. The van der Waals surface area contributed by atoms with E-state index in [4.69, 9.17) is 16.3 Å². The third kappa shape index (κ3) is 3.81. The molecule has 0 bridgehead atoms. The fourth-order valence-corrected chi connectivity index (χ4v) is 2.92. The number of hydrogen-bond donors (Lipinski definition) is 1. The average molecular weight is 366 g/mol. The summed E-state index contributed by atoms with van der Waals surface area (Å²) in [6.45, 7) is 3.16. The fourth-order valence-electron chi connectivity index (χ4n) is 1.37. The van der Waals surface area contributed by atoms with Gasteiger partial charge < -0.3 is 10.1 Å². The molecule has 7 heteroatoms.